The number of hydrogen-bond acceptors (Lipinski definition) is 5. The van der Waals surface area contributed by atoms with Crippen LogP contribution in [0.3, 0.4) is 0 Å². The minimum Gasteiger partial charge on any atom is -0.348 e. The molecule has 0 radical (unpaired) electrons. The van der Waals surface area contributed by atoms with Gasteiger partial charge in [-0.15, -0.1) is 10.2 Å². The Bertz CT molecular complexity index is 488. The minimum absolute atomic E-state index is 0.0180. The van der Waals surface area contributed by atoms with Gasteiger partial charge in [-0.1, -0.05) is 38.0 Å². The van der Waals surface area contributed by atoms with E-state index < -0.39 is 0 Å². The standard InChI is InChI=1S/C15H24N4OS/c1-9(2)15-19-18-13(21-15)8-16-14(20)12-7-10-5-3-4-6-11(10)17-12/h9-12,17H,3-8H2,1-2H3,(H,16,20). The Morgan fingerprint density at radius 2 is 2.19 bits per heavy atom. The molecule has 0 aromatic carbocycles. The molecule has 0 bridgehead atoms. The van der Waals surface area contributed by atoms with Gasteiger partial charge in [0.2, 0.25) is 5.91 Å². The number of carbonyl (C=O) groups is 1. The summed E-state index contributed by atoms with van der Waals surface area (Å²) in [7, 11) is 0. The summed E-state index contributed by atoms with van der Waals surface area (Å²) in [6.45, 7) is 4.71. The molecule has 2 aliphatic rings. The van der Waals surface area contributed by atoms with Crippen LogP contribution in [0.15, 0.2) is 0 Å². The molecule has 116 valence electrons. The highest BCUT2D eigenvalue weighted by atomic mass is 32.1. The van der Waals surface area contributed by atoms with Crippen LogP contribution in [-0.2, 0) is 11.3 Å². The van der Waals surface area contributed by atoms with Crippen molar-refractivity contribution in [3.05, 3.63) is 10.0 Å². The fraction of sp³-hybridized carbons (Fsp3) is 0.800. The monoisotopic (exact) mass is 308 g/mol. The Hall–Kier alpha value is -1.01. The second kappa shape index (κ2) is 6.40. The molecule has 1 aromatic rings. The predicted molar refractivity (Wildman–Crippen MR) is 83.1 cm³/mol. The van der Waals surface area contributed by atoms with Crippen molar-refractivity contribution in [2.75, 3.05) is 0 Å². The molecule has 1 amide bonds. The summed E-state index contributed by atoms with van der Waals surface area (Å²) in [6.07, 6.45) is 6.10. The van der Waals surface area contributed by atoms with Crippen molar-refractivity contribution in [3.63, 3.8) is 0 Å². The van der Waals surface area contributed by atoms with E-state index in [1.165, 1.54) is 25.7 Å². The molecule has 21 heavy (non-hydrogen) atoms. The molecule has 1 aliphatic heterocycles. The number of nitrogens with zero attached hydrogens (tertiary/aromatic N) is 2. The number of nitrogens with one attached hydrogen (secondary N) is 2. The number of aromatic nitrogens is 2. The van der Waals surface area contributed by atoms with Gasteiger partial charge >= 0.3 is 0 Å². The van der Waals surface area contributed by atoms with Crippen molar-refractivity contribution in [3.8, 4) is 0 Å². The predicted octanol–water partition coefficient (Wildman–Crippen LogP) is 2.20. The zero-order chi connectivity index (χ0) is 14.8. The van der Waals surface area contributed by atoms with E-state index in [0.29, 0.717) is 24.4 Å². The normalized spacial score (nSPS) is 28.6. The smallest absolute Gasteiger partial charge is 0.237 e. The highest BCUT2D eigenvalue weighted by molar-refractivity contribution is 7.11. The Labute approximate surface area is 129 Å². The van der Waals surface area contributed by atoms with Crippen molar-refractivity contribution in [2.45, 2.75) is 70.5 Å². The van der Waals surface area contributed by atoms with Crippen LogP contribution in [0.5, 0.6) is 0 Å². The van der Waals surface area contributed by atoms with Crippen LogP contribution < -0.4 is 10.6 Å². The second-order valence-electron chi connectivity index (χ2n) is 6.51. The largest absolute Gasteiger partial charge is 0.348 e. The molecule has 1 saturated carbocycles. The van der Waals surface area contributed by atoms with Crippen molar-refractivity contribution in [1.29, 1.82) is 0 Å². The molecule has 1 aromatic heterocycles. The lowest BCUT2D eigenvalue weighted by Crippen LogP contribution is -2.42. The SMILES string of the molecule is CC(C)c1nnc(CNC(=O)C2CC3CCCCC3N2)s1. The van der Waals surface area contributed by atoms with Crippen molar-refractivity contribution in [2.24, 2.45) is 5.92 Å². The third kappa shape index (κ3) is 3.43. The van der Waals surface area contributed by atoms with Crippen LogP contribution in [0.25, 0.3) is 0 Å². The first kappa shape index (κ1) is 14.9. The van der Waals surface area contributed by atoms with Gasteiger partial charge in [-0.25, -0.2) is 0 Å². The summed E-state index contributed by atoms with van der Waals surface area (Å²) in [5, 5.41) is 16.7. The van der Waals surface area contributed by atoms with E-state index in [2.05, 4.69) is 34.7 Å². The summed E-state index contributed by atoms with van der Waals surface area (Å²) in [5.74, 6) is 1.21. The van der Waals surface area contributed by atoms with E-state index in [-0.39, 0.29) is 11.9 Å². The van der Waals surface area contributed by atoms with Crippen LogP contribution >= 0.6 is 11.3 Å². The summed E-state index contributed by atoms with van der Waals surface area (Å²) in [6, 6.07) is 0.541. The Morgan fingerprint density at radius 1 is 1.38 bits per heavy atom. The first-order chi connectivity index (χ1) is 10.1. The molecule has 3 rings (SSSR count). The molecule has 3 unspecified atom stereocenters. The number of amides is 1. The first-order valence-corrected chi connectivity index (χ1v) is 8.81. The average molecular weight is 308 g/mol. The maximum atomic E-state index is 12.3. The molecule has 2 N–H and O–H groups in total. The summed E-state index contributed by atoms with van der Waals surface area (Å²) >= 11 is 1.59. The van der Waals surface area contributed by atoms with Crippen LogP contribution in [0, 0.1) is 5.92 Å². The molecule has 3 atom stereocenters. The van der Waals surface area contributed by atoms with Crippen LogP contribution in [0.2, 0.25) is 0 Å². The van der Waals surface area contributed by atoms with Crippen LogP contribution in [0.1, 0.15) is 61.9 Å². The zero-order valence-corrected chi connectivity index (χ0v) is 13.6. The van der Waals surface area contributed by atoms with Gasteiger partial charge in [-0.2, -0.15) is 0 Å². The average Bonchev–Trinajstić information content (AvgIpc) is 3.11. The Morgan fingerprint density at radius 3 is 2.90 bits per heavy atom. The molecule has 2 fully saturated rings. The number of carbonyl (C=O) groups excluding carboxylic acids is 1. The lowest BCUT2D eigenvalue weighted by molar-refractivity contribution is -0.123. The highest BCUT2D eigenvalue weighted by Gasteiger charge is 2.38. The summed E-state index contributed by atoms with van der Waals surface area (Å²) in [5.41, 5.74) is 0. The van der Waals surface area contributed by atoms with E-state index in [9.17, 15) is 4.79 Å². The lowest BCUT2D eigenvalue weighted by atomic mass is 9.85. The maximum absolute atomic E-state index is 12.3. The number of fused-ring (bicyclic) bond motifs is 1. The summed E-state index contributed by atoms with van der Waals surface area (Å²) < 4.78 is 0. The second-order valence-corrected chi connectivity index (χ2v) is 7.61. The van der Waals surface area contributed by atoms with Crippen molar-refractivity contribution in [1.82, 2.24) is 20.8 Å². The highest BCUT2D eigenvalue weighted by Crippen LogP contribution is 2.33. The molecule has 1 saturated heterocycles. The van der Waals surface area contributed by atoms with Gasteiger partial charge in [-0.3, -0.25) is 4.79 Å². The fourth-order valence-corrected chi connectivity index (χ4v) is 4.16. The van der Waals surface area contributed by atoms with E-state index in [4.69, 9.17) is 0 Å². The molecular formula is C15H24N4OS. The maximum Gasteiger partial charge on any atom is 0.237 e. The molecule has 0 spiro atoms. The number of rotatable bonds is 4. The Balaban J connectivity index is 1.50. The van der Waals surface area contributed by atoms with Gasteiger partial charge in [0, 0.05) is 12.0 Å². The van der Waals surface area contributed by atoms with Gasteiger partial charge in [0.25, 0.3) is 0 Å². The topological polar surface area (TPSA) is 66.9 Å². The first-order valence-electron chi connectivity index (χ1n) is 7.99. The van der Waals surface area contributed by atoms with Crippen LogP contribution in [0.4, 0.5) is 0 Å². The quantitative estimate of drug-likeness (QED) is 0.895. The van der Waals surface area contributed by atoms with Gasteiger partial charge in [0.15, 0.2) is 0 Å². The third-order valence-electron chi connectivity index (χ3n) is 4.57. The molecule has 5 nitrogen and oxygen atoms in total. The van der Waals surface area contributed by atoms with Gasteiger partial charge < -0.3 is 10.6 Å². The van der Waals surface area contributed by atoms with E-state index in [1.807, 2.05) is 0 Å². The summed E-state index contributed by atoms with van der Waals surface area (Å²) in [4.78, 5) is 12.3. The van der Waals surface area contributed by atoms with E-state index in [1.54, 1.807) is 11.3 Å². The number of hydrogen-bond donors (Lipinski definition) is 2. The molecule has 1 aliphatic carbocycles. The Kier molecular flexibility index (Phi) is 4.54. The van der Waals surface area contributed by atoms with Gasteiger partial charge in [0.1, 0.15) is 10.0 Å². The van der Waals surface area contributed by atoms with E-state index >= 15 is 0 Å². The third-order valence-corrected chi connectivity index (χ3v) is 5.79. The molecular weight excluding hydrogens is 284 g/mol. The van der Waals surface area contributed by atoms with Crippen molar-refractivity contribution >= 4 is 17.2 Å². The molecule has 2 heterocycles. The fourth-order valence-electron chi connectivity index (χ4n) is 3.38. The minimum atomic E-state index is -0.0180. The lowest BCUT2D eigenvalue weighted by Gasteiger charge is -2.24. The van der Waals surface area contributed by atoms with Crippen LogP contribution in [-0.4, -0.2) is 28.2 Å². The van der Waals surface area contributed by atoms with Crippen molar-refractivity contribution < 1.29 is 4.79 Å². The van der Waals surface area contributed by atoms with Gasteiger partial charge in [0.05, 0.1) is 12.6 Å². The van der Waals surface area contributed by atoms with Gasteiger partial charge in [-0.05, 0) is 25.2 Å². The molecule has 6 heteroatoms. The zero-order valence-electron chi connectivity index (χ0n) is 12.8. The van der Waals surface area contributed by atoms with E-state index in [0.717, 1.165) is 16.4 Å².